The van der Waals surface area contributed by atoms with E-state index in [0.717, 1.165) is 4.57 Å². The van der Waals surface area contributed by atoms with Gasteiger partial charge >= 0.3 is 5.69 Å². The molecule has 4 aromatic rings. The number of aromatic amines is 1. The van der Waals surface area contributed by atoms with Gasteiger partial charge in [0.2, 0.25) is 0 Å². The van der Waals surface area contributed by atoms with E-state index < -0.39 is 37.7 Å². The van der Waals surface area contributed by atoms with Crippen molar-refractivity contribution in [1.82, 2.24) is 14.1 Å². The third-order valence-corrected chi connectivity index (χ3v) is 9.15. The molecule has 2 aromatic carbocycles. The van der Waals surface area contributed by atoms with Crippen molar-refractivity contribution in [3.8, 4) is 5.69 Å². The number of anilines is 2. The summed E-state index contributed by atoms with van der Waals surface area (Å²) in [7, 11) is -2.13. The molecule has 0 saturated heterocycles. The minimum absolute atomic E-state index is 0. The maximum absolute atomic E-state index is 14.6. The van der Waals surface area contributed by atoms with Crippen molar-refractivity contribution in [3.63, 3.8) is 0 Å². The van der Waals surface area contributed by atoms with Gasteiger partial charge < -0.3 is 5.32 Å². The van der Waals surface area contributed by atoms with E-state index in [1.165, 1.54) is 54.9 Å². The van der Waals surface area contributed by atoms with Crippen LogP contribution in [0.15, 0.2) is 61.7 Å². The van der Waals surface area contributed by atoms with Crippen molar-refractivity contribution in [2.75, 3.05) is 5.32 Å². The monoisotopic (exact) mass is 638 g/mol. The number of sulfone groups is 1. The lowest BCUT2D eigenvalue weighted by atomic mass is 10.1. The highest BCUT2D eigenvalue weighted by molar-refractivity contribution is 14.1. The van der Waals surface area contributed by atoms with E-state index in [0.29, 0.717) is 16.4 Å². The number of aromatic nitrogens is 3. The SMILES string of the molecule is C.Cc1c(=O)n(C)c(Nc2ccc(I)cc2F)c2c(=O)[nH]c(=O)n(-c3cccc(S(=O)(=O)C4CC4)c3)c12. The molecular formula is C25H24FIN4O5S. The second kappa shape index (κ2) is 9.56. The Morgan fingerprint density at radius 3 is 2.46 bits per heavy atom. The number of hydrogen-bond acceptors (Lipinski definition) is 6. The number of benzene rings is 2. The lowest BCUT2D eigenvalue weighted by Gasteiger charge is -2.19. The standard InChI is InChI=1S/C24H20FIN4O5S.CH4/c1-12-20-19(21(29(2)23(12)32)27-18-9-6-13(26)10-17(18)25)22(31)28-24(33)30(20)14-4-3-5-16(11-14)36(34,35)15-7-8-15;/h3-6,9-11,15,27H,7-8H2,1-2H3,(H,28,31,33);1H4. The Labute approximate surface area is 225 Å². The van der Waals surface area contributed by atoms with Gasteiger partial charge in [-0.25, -0.2) is 17.6 Å². The summed E-state index contributed by atoms with van der Waals surface area (Å²) < 4.78 is 43.2. The van der Waals surface area contributed by atoms with E-state index >= 15 is 0 Å². The van der Waals surface area contributed by atoms with E-state index in [2.05, 4.69) is 10.3 Å². The van der Waals surface area contributed by atoms with Crippen LogP contribution in [0.3, 0.4) is 0 Å². The van der Waals surface area contributed by atoms with Crippen LogP contribution in [-0.4, -0.2) is 27.8 Å². The fourth-order valence-corrected chi connectivity index (χ4v) is 6.36. The zero-order valence-corrected chi connectivity index (χ0v) is 22.1. The third-order valence-electron chi connectivity index (χ3n) is 6.22. The van der Waals surface area contributed by atoms with Crippen molar-refractivity contribution in [2.45, 2.75) is 37.3 Å². The van der Waals surface area contributed by atoms with Crippen molar-refractivity contribution in [1.29, 1.82) is 0 Å². The Hall–Kier alpha value is -3.26. The first-order chi connectivity index (χ1) is 17.0. The fourth-order valence-electron chi connectivity index (χ4n) is 4.21. The zero-order chi connectivity index (χ0) is 25.9. The summed E-state index contributed by atoms with van der Waals surface area (Å²) in [5, 5.41) is 2.32. The van der Waals surface area contributed by atoms with Crippen LogP contribution < -0.4 is 22.1 Å². The second-order valence-electron chi connectivity index (χ2n) is 8.65. The van der Waals surface area contributed by atoms with Gasteiger partial charge in [-0.05, 0) is 78.8 Å². The summed E-state index contributed by atoms with van der Waals surface area (Å²) in [6, 6.07) is 10.3. The number of pyridine rings is 1. The molecule has 2 aromatic heterocycles. The molecule has 0 atom stereocenters. The van der Waals surface area contributed by atoms with Gasteiger partial charge in [0.15, 0.2) is 9.84 Å². The van der Waals surface area contributed by atoms with Gasteiger partial charge in [-0.15, -0.1) is 0 Å². The quantitative estimate of drug-likeness (QED) is 0.321. The molecule has 0 aliphatic heterocycles. The number of rotatable bonds is 5. The smallest absolute Gasteiger partial charge is 0.333 e. The molecule has 0 amide bonds. The van der Waals surface area contributed by atoms with E-state index in [1.807, 2.05) is 22.6 Å². The number of aryl methyl sites for hydroxylation is 1. The number of halogens is 2. The molecule has 2 heterocycles. The Morgan fingerprint density at radius 2 is 1.81 bits per heavy atom. The van der Waals surface area contributed by atoms with E-state index in [9.17, 15) is 27.2 Å². The van der Waals surface area contributed by atoms with Crippen LogP contribution in [0.4, 0.5) is 15.9 Å². The highest BCUT2D eigenvalue weighted by atomic mass is 127. The van der Waals surface area contributed by atoms with Crippen LogP contribution in [0, 0.1) is 16.3 Å². The van der Waals surface area contributed by atoms with Crippen LogP contribution in [-0.2, 0) is 16.9 Å². The summed E-state index contributed by atoms with van der Waals surface area (Å²) in [6.45, 7) is 1.47. The van der Waals surface area contributed by atoms with Crippen molar-refractivity contribution >= 4 is 54.8 Å². The minimum atomic E-state index is -3.56. The molecule has 1 fully saturated rings. The summed E-state index contributed by atoms with van der Waals surface area (Å²) in [5.74, 6) is -0.608. The average molecular weight is 638 g/mol. The van der Waals surface area contributed by atoms with Gasteiger partial charge in [0.05, 0.1) is 27.0 Å². The van der Waals surface area contributed by atoms with Crippen molar-refractivity contribution in [2.24, 2.45) is 7.05 Å². The van der Waals surface area contributed by atoms with E-state index in [4.69, 9.17) is 0 Å². The van der Waals surface area contributed by atoms with Crippen LogP contribution in [0.25, 0.3) is 16.6 Å². The van der Waals surface area contributed by atoms with Gasteiger partial charge in [0, 0.05) is 16.2 Å². The van der Waals surface area contributed by atoms with Crippen molar-refractivity contribution in [3.05, 3.63) is 88.6 Å². The average Bonchev–Trinajstić information content (AvgIpc) is 3.68. The Bertz CT molecular complexity index is 1860. The number of hydrogen-bond donors (Lipinski definition) is 2. The molecule has 0 radical (unpaired) electrons. The first kappa shape index (κ1) is 26.8. The van der Waals surface area contributed by atoms with Crippen LogP contribution >= 0.6 is 22.6 Å². The second-order valence-corrected chi connectivity index (χ2v) is 12.1. The maximum Gasteiger partial charge on any atom is 0.333 e. The largest absolute Gasteiger partial charge is 0.338 e. The lowest BCUT2D eigenvalue weighted by molar-refractivity contribution is 0.594. The fraction of sp³-hybridized carbons (Fsp3) is 0.240. The van der Waals surface area contributed by atoms with E-state index in [-0.39, 0.29) is 46.0 Å². The Morgan fingerprint density at radius 1 is 1.11 bits per heavy atom. The predicted octanol–water partition coefficient (Wildman–Crippen LogP) is 3.75. The van der Waals surface area contributed by atoms with Gasteiger partial charge in [-0.3, -0.25) is 23.7 Å². The Balaban J connectivity index is 0.00000320. The Kier molecular flexibility index (Phi) is 6.92. The molecule has 0 spiro atoms. The normalized spacial score (nSPS) is 13.4. The summed E-state index contributed by atoms with van der Waals surface area (Å²) in [6.07, 6.45) is 1.15. The van der Waals surface area contributed by atoms with Gasteiger partial charge in [-0.2, -0.15) is 0 Å². The third kappa shape index (κ3) is 4.52. The first-order valence-electron chi connectivity index (χ1n) is 11.0. The molecule has 0 unspecified atom stereocenters. The molecule has 1 saturated carbocycles. The first-order valence-corrected chi connectivity index (χ1v) is 13.6. The molecule has 12 heteroatoms. The van der Waals surface area contributed by atoms with E-state index in [1.54, 1.807) is 6.07 Å². The summed E-state index contributed by atoms with van der Waals surface area (Å²) >= 11 is 1.96. The van der Waals surface area contributed by atoms with Crippen LogP contribution in [0.5, 0.6) is 0 Å². The molecule has 9 nitrogen and oxygen atoms in total. The van der Waals surface area contributed by atoms with Crippen LogP contribution in [0.2, 0.25) is 0 Å². The number of nitrogens with zero attached hydrogens (tertiary/aromatic N) is 2. The zero-order valence-electron chi connectivity index (χ0n) is 19.1. The van der Waals surface area contributed by atoms with Crippen LogP contribution in [0.1, 0.15) is 25.8 Å². The van der Waals surface area contributed by atoms with Gasteiger partial charge in [0.25, 0.3) is 11.1 Å². The molecule has 5 rings (SSSR count). The lowest BCUT2D eigenvalue weighted by Crippen LogP contribution is -2.34. The molecule has 194 valence electrons. The highest BCUT2D eigenvalue weighted by Crippen LogP contribution is 2.34. The molecule has 1 aliphatic carbocycles. The minimum Gasteiger partial charge on any atom is -0.338 e. The molecular weight excluding hydrogens is 614 g/mol. The molecule has 0 bridgehead atoms. The van der Waals surface area contributed by atoms with Gasteiger partial charge in [-0.1, -0.05) is 13.5 Å². The van der Waals surface area contributed by atoms with Gasteiger partial charge in [0.1, 0.15) is 17.0 Å². The number of nitrogens with one attached hydrogen (secondary N) is 2. The van der Waals surface area contributed by atoms with Crippen molar-refractivity contribution < 1.29 is 12.8 Å². The predicted molar refractivity (Wildman–Crippen MR) is 149 cm³/mol. The molecule has 2 N–H and O–H groups in total. The number of fused-ring (bicyclic) bond motifs is 1. The summed E-state index contributed by atoms with van der Waals surface area (Å²) in [4.78, 5) is 41.6. The molecule has 1 aliphatic rings. The maximum atomic E-state index is 14.6. The highest BCUT2D eigenvalue weighted by Gasteiger charge is 2.37. The topological polar surface area (TPSA) is 123 Å². The number of H-pyrrole nitrogens is 1. The molecule has 37 heavy (non-hydrogen) atoms. The summed E-state index contributed by atoms with van der Waals surface area (Å²) in [5.41, 5.74) is -1.83.